The molecule has 11 heteroatoms. The molecule has 49 heavy (non-hydrogen) atoms. The summed E-state index contributed by atoms with van der Waals surface area (Å²) in [6.07, 6.45) is 0.255. The van der Waals surface area contributed by atoms with E-state index < -0.39 is 34.4 Å². The minimum atomic E-state index is -3.96. The number of carbonyl (C=O) groups excluding carboxylic acids is 2. The number of sulfonamides is 1. The molecule has 0 aliphatic heterocycles. The highest BCUT2D eigenvalue weighted by atomic mass is 32.2. The van der Waals surface area contributed by atoms with Crippen LogP contribution in [0.5, 0.6) is 11.5 Å². The highest BCUT2D eigenvalue weighted by molar-refractivity contribution is 7.92. The molecule has 0 aliphatic rings. The van der Waals surface area contributed by atoms with Crippen LogP contribution in [0.2, 0.25) is 0 Å². The highest BCUT2D eigenvalue weighted by Gasteiger charge is 2.31. The van der Waals surface area contributed by atoms with Gasteiger partial charge in [-0.1, -0.05) is 78.9 Å². The van der Waals surface area contributed by atoms with Crippen LogP contribution in [0.1, 0.15) is 16.7 Å². The van der Waals surface area contributed by atoms with Crippen LogP contribution in [0, 0.1) is 5.82 Å². The number of halogens is 1. The van der Waals surface area contributed by atoms with Gasteiger partial charge in [-0.3, -0.25) is 14.3 Å². The Balaban J connectivity index is 1.34. The van der Waals surface area contributed by atoms with Crippen molar-refractivity contribution in [2.45, 2.75) is 30.4 Å². The molecule has 0 unspecified atom stereocenters. The average molecular weight is 682 g/mol. The summed E-state index contributed by atoms with van der Waals surface area (Å²) in [5.41, 5.74) is 2.70. The lowest BCUT2D eigenvalue weighted by atomic mass is 10.0. The van der Waals surface area contributed by atoms with Crippen molar-refractivity contribution in [2.75, 3.05) is 18.4 Å². The van der Waals surface area contributed by atoms with E-state index in [2.05, 4.69) is 10.0 Å². The van der Waals surface area contributed by atoms with Crippen LogP contribution in [0.3, 0.4) is 0 Å². The molecule has 0 heterocycles. The van der Waals surface area contributed by atoms with E-state index in [-0.39, 0.29) is 41.7 Å². The molecular formula is C38H36FN3O6S. The largest absolute Gasteiger partial charge is 0.496 e. The van der Waals surface area contributed by atoms with Crippen LogP contribution in [0.4, 0.5) is 10.1 Å². The summed E-state index contributed by atoms with van der Waals surface area (Å²) in [5.74, 6) is -0.373. The molecule has 5 rings (SSSR count). The molecule has 2 N–H and O–H groups in total. The number of carbonyl (C=O) groups is 2. The lowest BCUT2D eigenvalue weighted by molar-refractivity contribution is -0.142. The smallest absolute Gasteiger partial charge is 0.261 e. The van der Waals surface area contributed by atoms with Gasteiger partial charge in [-0.05, 0) is 65.7 Å². The van der Waals surface area contributed by atoms with Gasteiger partial charge in [0.1, 0.15) is 23.4 Å². The van der Waals surface area contributed by atoms with Crippen LogP contribution in [-0.4, -0.2) is 44.9 Å². The van der Waals surface area contributed by atoms with Gasteiger partial charge in [-0.2, -0.15) is 0 Å². The molecule has 1 atom stereocenters. The topological polar surface area (TPSA) is 114 Å². The number of nitrogens with zero attached hydrogens (tertiary/aromatic N) is 1. The Hall–Kier alpha value is -5.68. The number of hydrogen-bond acceptors (Lipinski definition) is 6. The maximum atomic E-state index is 14.0. The summed E-state index contributed by atoms with van der Waals surface area (Å²) in [6.45, 7) is -0.0596. The number of benzene rings is 5. The van der Waals surface area contributed by atoms with Gasteiger partial charge in [-0.25, -0.2) is 12.8 Å². The Morgan fingerprint density at radius 1 is 0.776 bits per heavy atom. The zero-order valence-electron chi connectivity index (χ0n) is 26.8. The Labute approximate surface area is 285 Å². The fourth-order valence-electron chi connectivity index (χ4n) is 5.16. The first kappa shape index (κ1) is 34.6. The first-order valence-corrected chi connectivity index (χ1v) is 17.0. The van der Waals surface area contributed by atoms with Gasteiger partial charge in [0, 0.05) is 30.8 Å². The lowest BCUT2D eigenvalue weighted by Crippen LogP contribution is -2.51. The Morgan fingerprint density at radius 3 is 2.04 bits per heavy atom. The quantitative estimate of drug-likeness (QED) is 0.141. The Bertz CT molecular complexity index is 1940. The number of anilines is 1. The fourth-order valence-corrected chi connectivity index (χ4v) is 6.22. The standard InChI is InChI=1S/C38H36FN3O6S/c1-47-36-15-9-8-14-30(36)25-40-38(44)35(24-28-10-4-2-5-11-28)42(26-29-12-6-3-7-13-29)37(43)27-48-33-20-22-34(23-21-33)49(45,46)41-32-18-16-31(39)17-19-32/h2-23,35,41H,24-27H2,1H3,(H,40,44)/t35-/m1/s1. The van der Waals surface area contributed by atoms with Gasteiger partial charge < -0.3 is 19.7 Å². The predicted octanol–water partition coefficient (Wildman–Crippen LogP) is 5.97. The van der Waals surface area contributed by atoms with Crippen molar-refractivity contribution < 1.29 is 31.9 Å². The molecule has 0 fully saturated rings. The first-order valence-electron chi connectivity index (χ1n) is 15.5. The van der Waals surface area contributed by atoms with Crippen LogP contribution >= 0.6 is 0 Å². The first-order chi connectivity index (χ1) is 23.7. The number of nitrogens with one attached hydrogen (secondary N) is 2. The molecule has 0 aromatic heterocycles. The maximum absolute atomic E-state index is 14.0. The van der Waals surface area contributed by atoms with Gasteiger partial charge in [0.05, 0.1) is 12.0 Å². The molecule has 2 amide bonds. The van der Waals surface area contributed by atoms with Crippen molar-refractivity contribution in [1.82, 2.24) is 10.2 Å². The van der Waals surface area contributed by atoms with E-state index in [1.165, 1.54) is 41.3 Å². The Kier molecular flexibility index (Phi) is 11.6. The minimum Gasteiger partial charge on any atom is -0.496 e. The van der Waals surface area contributed by atoms with Gasteiger partial charge in [0.15, 0.2) is 6.61 Å². The summed E-state index contributed by atoms with van der Waals surface area (Å²) in [4.78, 5) is 29.4. The third-order valence-corrected chi connectivity index (χ3v) is 9.10. The summed E-state index contributed by atoms with van der Waals surface area (Å²) in [6, 6.07) is 35.8. The van der Waals surface area contributed by atoms with Crippen molar-refractivity contribution in [3.63, 3.8) is 0 Å². The molecule has 9 nitrogen and oxygen atoms in total. The summed E-state index contributed by atoms with van der Waals surface area (Å²) >= 11 is 0. The van der Waals surface area contributed by atoms with Gasteiger partial charge in [-0.15, -0.1) is 0 Å². The monoisotopic (exact) mass is 681 g/mol. The summed E-state index contributed by atoms with van der Waals surface area (Å²) < 4.78 is 52.6. The van der Waals surface area contributed by atoms with Crippen molar-refractivity contribution in [3.8, 4) is 11.5 Å². The summed E-state index contributed by atoms with van der Waals surface area (Å²) in [5, 5.41) is 2.99. The third kappa shape index (κ3) is 9.68. The molecule has 5 aromatic carbocycles. The number of ether oxygens (including phenoxy) is 2. The molecular weight excluding hydrogens is 645 g/mol. The van der Waals surface area contributed by atoms with Crippen molar-refractivity contribution in [2.24, 2.45) is 0 Å². The van der Waals surface area contributed by atoms with Crippen LogP contribution in [-0.2, 0) is 39.1 Å². The third-order valence-electron chi connectivity index (χ3n) is 7.71. The number of amides is 2. The number of rotatable bonds is 15. The lowest BCUT2D eigenvalue weighted by Gasteiger charge is -2.31. The highest BCUT2D eigenvalue weighted by Crippen LogP contribution is 2.22. The molecule has 5 aromatic rings. The fraction of sp³-hybridized carbons (Fsp3) is 0.158. The number of hydrogen-bond donors (Lipinski definition) is 2. The van der Waals surface area contributed by atoms with E-state index in [9.17, 15) is 22.4 Å². The van der Waals surface area contributed by atoms with E-state index in [1.807, 2.05) is 84.9 Å². The number of methoxy groups -OCH3 is 1. The predicted molar refractivity (Wildman–Crippen MR) is 185 cm³/mol. The molecule has 0 bridgehead atoms. The number of para-hydroxylation sites is 1. The molecule has 0 spiro atoms. The van der Waals surface area contributed by atoms with Crippen molar-refractivity contribution >= 4 is 27.5 Å². The molecule has 252 valence electrons. The van der Waals surface area contributed by atoms with Crippen LogP contribution < -0.4 is 19.5 Å². The van der Waals surface area contributed by atoms with Crippen molar-refractivity contribution in [1.29, 1.82) is 0 Å². The zero-order chi connectivity index (χ0) is 34.6. The van der Waals surface area contributed by atoms with Gasteiger partial charge in [0.2, 0.25) is 5.91 Å². The SMILES string of the molecule is COc1ccccc1CNC(=O)[C@@H](Cc1ccccc1)N(Cc1ccccc1)C(=O)COc1ccc(S(=O)(=O)Nc2ccc(F)cc2)cc1. The Morgan fingerprint density at radius 2 is 1.39 bits per heavy atom. The molecule has 0 saturated heterocycles. The minimum absolute atomic E-state index is 0.0455. The van der Waals surface area contributed by atoms with E-state index in [0.29, 0.717) is 5.75 Å². The second-order valence-corrected chi connectivity index (χ2v) is 12.8. The molecule has 0 aliphatic carbocycles. The molecule has 0 radical (unpaired) electrons. The van der Waals surface area contributed by atoms with Crippen LogP contribution in [0.25, 0.3) is 0 Å². The zero-order valence-corrected chi connectivity index (χ0v) is 27.6. The molecule has 0 saturated carbocycles. The van der Waals surface area contributed by atoms with E-state index in [4.69, 9.17) is 9.47 Å². The van der Waals surface area contributed by atoms with Crippen LogP contribution in [0.15, 0.2) is 138 Å². The summed E-state index contributed by atoms with van der Waals surface area (Å²) in [7, 11) is -2.39. The van der Waals surface area contributed by atoms with E-state index in [1.54, 1.807) is 7.11 Å². The van der Waals surface area contributed by atoms with Gasteiger partial charge >= 0.3 is 0 Å². The normalized spacial score (nSPS) is 11.6. The van der Waals surface area contributed by atoms with E-state index >= 15 is 0 Å². The van der Waals surface area contributed by atoms with E-state index in [0.717, 1.165) is 28.8 Å². The van der Waals surface area contributed by atoms with Gasteiger partial charge in [0.25, 0.3) is 15.9 Å². The maximum Gasteiger partial charge on any atom is 0.261 e. The second kappa shape index (κ2) is 16.4. The van der Waals surface area contributed by atoms with Crippen molar-refractivity contribution in [3.05, 3.63) is 156 Å². The second-order valence-electron chi connectivity index (χ2n) is 11.1. The average Bonchev–Trinajstić information content (AvgIpc) is 3.13.